The van der Waals surface area contributed by atoms with Crippen LogP contribution in [-0.4, -0.2) is 16.8 Å². The standard InChI is InChI=1S/C29H24N4O2/c30-26-11-4-5-12-27(26)33-28(34)16-14-20-13-15-24(32-19-20)18-25(21-7-2-1-3-8-21)22-9-6-10-23(17-22)29(31)35/h1-19H,30H2,(H2,31,35)(H,33,34)/b16-14+,25-18+. The van der Waals surface area contributed by atoms with Crippen molar-refractivity contribution in [2.24, 2.45) is 5.73 Å². The molecule has 172 valence electrons. The second-order valence-corrected chi connectivity index (χ2v) is 7.80. The van der Waals surface area contributed by atoms with Gasteiger partial charge in [0, 0.05) is 17.8 Å². The summed E-state index contributed by atoms with van der Waals surface area (Å²) in [5, 5.41) is 2.75. The molecule has 1 heterocycles. The number of amides is 2. The molecule has 4 rings (SSSR count). The van der Waals surface area contributed by atoms with E-state index in [0.29, 0.717) is 16.9 Å². The van der Waals surface area contributed by atoms with E-state index >= 15 is 0 Å². The Balaban J connectivity index is 1.57. The molecular formula is C29H24N4O2. The van der Waals surface area contributed by atoms with Gasteiger partial charge in [0.1, 0.15) is 0 Å². The summed E-state index contributed by atoms with van der Waals surface area (Å²) in [4.78, 5) is 28.4. The third kappa shape index (κ3) is 6.09. The predicted molar refractivity (Wildman–Crippen MR) is 141 cm³/mol. The Hall–Kier alpha value is -4.97. The minimum absolute atomic E-state index is 0.285. The molecule has 2 amide bonds. The second kappa shape index (κ2) is 10.8. The number of benzene rings is 3. The predicted octanol–water partition coefficient (Wildman–Crippen LogP) is 5.00. The van der Waals surface area contributed by atoms with Crippen LogP contribution in [0.3, 0.4) is 0 Å². The first-order chi connectivity index (χ1) is 17.0. The Bertz CT molecular complexity index is 1410. The fourth-order valence-corrected chi connectivity index (χ4v) is 3.50. The molecule has 4 aromatic rings. The van der Waals surface area contributed by atoms with Gasteiger partial charge in [-0.15, -0.1) is 0 Å². The van der Waals surface area contributed by atoms with Gasteiger partial charge in [-0.25, -0.2) is 0 Å². The molecule has 0 radical (unpaired) electrons. The molecule has 0 unspecified atom stereocenters. The second-order valence-electron chi connectivity index (χ2n) is 7.80. The van der Waals surface area contributed by atoms with E-state index in [4.69, 9.17) is 11.5 Å². The summed E-state index contributed by atoms with van der Waals surface area (Å²) < 4.78 is 0. The highest BCUT2D eigenvalue weighted by Crippen LogP contribution is 2.26. The summed E-state index contributed by atoms with van der Waals surface area (Å²) in [6.45, 7) is 0. The Morgan fingerprint density at radius 3 is 2.23 bits per heavy atom. The molecule has 0 aliphatic rings. The van der Waals surface area contributed by atoms with Crippen LogP contribution in [0.1, 0.15) is 32.7 Å². The number of nitrogens with two attached hydrogens (primary N) is 2. The van der Waals surface area contributed by atoms with Crippen molar-refractivity contribution < 1.29 is 9.59 Å². The Morgan fingerprint density at radius 1 is 0.800 bits per heavy atom. The summed E-state index contributed by atoms with van der Waals surface area (Å²) in [5.74, 6) is -0.764. The maximum Gasteiger partial charge on any atom is 0.248 e. The molecule has 1 aromatic heterocycles. The van der Waals surface area contributed by atoms with Gasteiger partial charge in [-0.1, -0.05) is 60.7 Å². The number of para-hydroxylation sites is 2. The van der Waals surface area contributed by atoms with Crippen LogP contribution in [0.25, 0.3) is 17.7 Å². The Kier molecular flexibility index (Phi) is 7.13. The van der Waals surface area contributed by atoms with Crippen LogP contribution in [0.5, 0.6) is 0 Å². The van der Waals surface area contributed by atoms with Crippen molar-refractivity contribution in [2.75, 3.05) is 11.1 Å². The molecule has 0 bridgehead atoms. The third-order valence-corrected chi connectivity index (χ3v) is 5.29. The number of primary amides is 1. The number of nitrogens with one attached hydrogen (secondary N) is 1. The maximum atomic E-state index is 12.2. The van der Waals surface area contributed by atoms with E-state index in [-0.39, 0.29) is 5.91 Å². The van der Waals surface area contributed by atoms with E-state index < -0.39 is 5.91 Å². The van der Waals surface area contributed by atoms with Crippen molar-refractivity contribution in [3.63, 3.8) is 0 Å². The first-order valence-corrected chi connectivity index (χ1v) is 11.0. The Morgan fingerprint density at radius 2 is 1.51 bits per heavy atom. The van der Waals surface area contributed by atoms with Crippen LogP contribution in [0.4, 0.5) is 11.4 Å². The number of rotatable bonds is 7. The maximum absolute atomic E-state index is 12.2. The fourth-order valence-electron chi connectivity index (χ4n) is 3.50. The zero-order valence-electron chi connectivity index (χ0n) is 18.9. The first kappa shape index (κ1) is 23.2. The average molecular weight is 461 g/mol. The van der Waals surface area contributed by atoms with Crippen LogP contribution >= 0.6 is 0 Å². The van der Waals surface area contributed by atoms with E-state index in [0.717, 1.165) is 28.0 Å². The highest BCUT2D eigenvalue weighted by molar-refractivity contribution is 6.03. The van der Waals surface area contributed by atoms with Gasteiger partial charge in [0.15, 0.2) is 0 Å². The number of aromatic nitrogens is 1. The van der Waals surface area contributed by atoms with Crippen molar-refractivity contribution in [1.82, 2.24) is 4.98 Å². The number of carbonyl (C=O) groups excluding carboxylic acids is 2. The quantitative estimate of drug-likeness (QED) is 0.266. The van der Waals surface area contributed by atoms with E-state index in [2.05, 4.69) is 10.3 Å². The van der Waals surface area contributed by atoms with E-state index in [9.17, 15) is 9.59 Å². The van der Waals surface area contributed by atoms with Crippen LogP contribution in [-0.2, 0) is 4.79 Å². The zero-order valence-corrected chi connectivity index (χ0v) is 18.9. The lowest BCUT2D eigenvalue weighted by Crippen LogP contribution is -2.10. The lowest BCUT2D eigenvalue weighted by Gasteiger charge is -2.10. The monoisotopic (exact) mass is 460 g/mol. The average Bonchev–Trinajstić information content (AvgIpc) is 2.88. The number of pyridine rings is 1. The van der Waals surface area contributed by atoms with Gasteiger partial charge in [-0.3, -0.25) is 14.6 Å². The molecule has 6 heteroatoms. The first-order valence-electron chi connectivity index (χ1n) is 11.0. The van der Waals surface area contributed by atoms with Crippen LogP contribution in [0.2, 0.25) is 0 Å². The highest BCUT2D eigenvalue weighted by Gasteiger charge is 2.09. The van der Waals surface area contributed by atoms with Gasteiger partial charge in [0.05, 0.1) is 17.1 Å². The van der Waals surface area contributed by atoms with Crippen molar-refractivity contribution in [1.29, 1.82) is 0 Å². The van der Waals surface area contributed by atoms with Crippen molar-refractivity contribution in [3.8, 4) is 0 Å². The van der Waals surface area contributed by atoms with E-state index in [1.165, 1.54) is 6.08 Å². The van der Waals surface area contributed by atoms with Crippen molar-refractivity contribution >= 4 is 40.9 Å². The molecule has 0 aliphatic heterocycles. The summed E-state index contributed by atoms with van der Waals surface area (Å²) in [6.07, 6.45) is 6.76. The molecule has 0 aliphatic carbocycles. The lowest BCUT2D eigenvalue weighted by atomic mass is 9.95. The van der Waals surface area contributed by atoms with Gasteiger partial charge < -0.3 is 16.8 Å². The normalized spacial score (nSPS) is 11.4. The van der Waals surface area contributed by atoms with Crippen molar-refractivity contribution in [3.05, 3.63) is 131 Å². The highest BCUT2D eigenvalue weighted by atomic mass is 16.1. The molecular weight excluding hydrogens is 436 g/mol. The molecule has 0 atom stereocenters. The molecule has 0 saturated heterocycles. The number of hydrogen-bond donors (Lipinski definition) is 3. The topological polar surface area (TPSA) is 111 Å². The summed E-state index contributed by atoms with van der Waals surface area (Å²) in [6, 6.07) is 27.9. The summed E-state index contributed by atoms with van der Waals surface area (Å²) >= 11 is 0. The zero-order chi connectivity index (χ0) is 24.6. The van der Waals surface area contributed by atoms with E-state index in [1.807, 2.05) is 60.7 Å². The van der Waals surface area contributed by atoms with Gasteiger partial charge in [-0.05, 0) is 64.7 Å². The molecule has 35 heavy (non-hydrogen) atoms. The van der Waals surface area contributed by atoms with E-state index in [1.54, 1.807) is 48.7 Å². The van der Waals surface area contributed by atoms with Gasteiger partial charge in [0.25, 0.3) is 0 Å². The molecule has 0 spiro atoms. The molecule has 6 nitrogen and oxygen atoms in total. The van der Waals surface area contributed by atoms with Crippen LogP contribution in [0, 0.1) is 0 Å². The van der Waals surface area contributed by atoms with Gasteiger partial charge in [-0.2, -0.15) is 0 Å². The molecule has 0 saturated carbocycles. The SMILES string of the molecule is NC(=O)c1cccc(/C(=C/c2ccc(/C=C/C(=O)Nc3ccccc3N)cn2)c2ccccc2)c1. The largest absolute Gasteiger partial charge is 0.397 e. The number of hydrogen-bond acceptors (Lipinski definition) is 4. The van der Waals surface area contributed by atoms with Crippen molar-refractivity contribution in [2.45, 2.75) is 0 Å². The molecule has 3 aromatic carbocycles. The summed E-state index contributed by atoms with van der Waals surface area (Å²) in [5.41, 5.74) is 17.1. The summed E-state index contributed by atoms with van der Waals surface area (Å²) in [7, 11) is 0. The third-order valence-electron chi connectivity index (χ3n) is 5.29. The minimum Gasteiger partial charge on any atom is -0.397 e. The van der Waals surface area contributed by atoms with Crippen LogP contribution in [0.15, 0.2) is 103 Å². The van der Waals surface area contributed by atoms with Gasteiger partial charge in [0.2, 0.25) is 11.8 Å². The molecule has 5 N–H and O–H groups in total. The molecule has 0 fully saturated rings. The smallest absolute Gasteiger partial charge is 0.248 e. The van der Waals surface area contributed by atoms with Crippen LogP contribution < -0.4 is 16.8 Å². The number of nitrogens with zero attached hydrogens (tertiary/aromatic N) is 1. The number of anilines is 2. The fraction of sp³-hybridized carbons (Fsp3) is 0. The Labute approximate surface area is 203 Å². The van der Waals surface area contributed by atoms with Gasteiger partial charge >= 0.3 is 0 Å². The minimum atomic E-state index is -0.479. The number of carbonyl (C=O) groups is 2. The lowest BCUT2D eigenvalue weighted by molar-refractivity contribution is -0.111. The number of nitrogen functional groups attached to an aromatic ring is 1.